The number of hydrogen-bond acceptors (Lipinski definition) is 4. The summed E-state index contributed by atoms with van der Waals surface area (Å²) >= 11 is 0. The van der Waals surface area contributed by atoms with Crippen molar-refractivity contribution >= 4 is 17.8 Å². The number of nitrogens with zero attached hydrogens (tertiary/aromatic N) is 1. The minimum atomic E-state index is -1.07. The van der Waals surface area contributed by atoms with Gasteiger partial charge in [-0.15, -0.1) is 0 Å². The van der Waals surface area contributed by atoms with Gasteiger partial charge in [0.25, 0.3) is 0 Å². The minimum Gasteiger partial charge on any atom is -0.478 e. The normalized spacial score (nSPS) is 15.3. The molecule has 0 radical (unpaired) electrons. The van der Waals surface area contributed by atoms with Gasteiger partial charge in [0, 0.05) is 24.1 Å². The first-order valence-electron chi connectivity index (χ1n) is 12.0. The van der Waals surface area contributed by atoms with E-state index in [2.05, 4.69) is 10.6 Å². The van der Waals surface area contributed by atoms with Gasteiger partial charge in [0.15, 0.2) is 0 Å². The van der Waals surface area contributed by atoms with Crippen molar-refractivity contribution < 1.29 is 28.3 Å². The van der Waals surface area contributed by atoms with Gasteiger partial charge in [-0.3, -0.25) is 9.59 Å². The highest BCUT2D eigenvalue weighted by molar-refractivity contribution is 5.91. The van der Waals surface area contributed by atoms with Crippen LogP contribution in [0.1, 0.15) is 61.0 Å². The molecule has 0 fully saturated rings. The number of rotatable bonds is 10. The van der Waals surface area contributed by atoms with Crippen LogP contribution in [0.25, 0.3) is 0 Å². The van der Waals surface area contributed by atoms with Gasteiger partial charge in [-0.2, -0.15) is 0 Å². The SMILES string of the molecule is CN[C@H](C(=O)N[C@H](C(=O)N(C)[C@H](C=C(C)C(=O)O)C(C)C)C(C)(C)C)C(C)(C)c1cc(F)cc(F)c1. The van der Waals surface area contributed by atoms with Crippen LogP contribution in [-0.4, -0.2) is 60.0 Å². The van der Waals surface area contributed by atoms with Crippen LogP contribution in [0.5, 0.6) is 0 Å². The summed E-state index contributed by atoms with van der Waals surface area (Å²) in [6.07, 6.45) is 1.53. The number of hydrogen-bond donors (Lipinski definition) is 3. The Balaban J connectivity index is 3.36. The van der Waals surface area contributed by atoms with Crippen molar-refractivity contribution in [2.45, 2.75) is 78.9 Å². The molecule has 36 heavy (non-hydrogen) atoms. The van der Waals surface area contributed by atoms with Gasteiger partial charge >= 0.3 is 5.97 Å². The van der Waals surface area contributed by atoms with E-state index in [1.807, 2.05) is 34.6 Å². The number of aliphatic carboxylic acids is 1. The summed E-state index contributed by atoms with van der Waals surface area (Å²) in [6.45, 7) is 14.0. The molecule has 0 aliphatic heterocycles. The van der Waals surface area contributed by atoms with E-state index in [-0.39, 0.29) is 17.4 Å². The highest BCUT2D eigenvalue weighted by Crippen LogP contribution is 2.30. The predicted molar refractivity (Wildman–Crippen MR) is 136 cm³/mol. The van der Waals surface area contributed by atoms with Crippen LogP contribution >= 0.6 is 0 Å². The van der Waals surface area contributed by atoms with Gasteiger partial charge in [0.1, 0.15) is 17.7 Å². The molecule has 202 valence electrons. The summed E-state index contributed by atoms with van der Waals surface area (Å²) in [5.74, 6) is -3.54. The van der Waals surface area contributed by atoms with E-state index in [1.54, 1.807) is 27.9 Å². The third kappa shape index (κ3) is 7.59. The number of halogens is 2. The van der Waals surface area contributed by atoms with E-state index in [0.717, 1.165) is 6.07 Å². The van der Waals surface area contributed by atoms with Crippen LogP contribution in [0.4, 0.5) is 8.78 Å². The summed E-state index contributed by atoms with van der Waals surface area (Å²) in [4.78, 5) is 40.0. The summed E-state index contributed by atoms with van der Waals surface area (Å²) in [5, 5.41) is 15.1. The zero-order valence-electron chi connectivity index (χ0n) is 23.0. The quantitative estimate of drug-likeness (QED) is 0.416. The van der Waals surface area contributed by atoms with Gasteiger partial charge in [-0.25, -0.2) is 13.6 Å². The number of carbonyl (C=O) groups is 3. The van der Waals surface area contributed by atoms with Gasteiger partial charge < -0.3 is 20.6 Å². The maximum absolute atomic E-state index is 13.9. The third-order valence-electron chi connectivity index (χ3n) is 6.51. The molecular formula is C27H41F2N3O4. The fourth-order valence-corrected chi connectivity index (χ4v) is 4.22. The van der Waals surface area contributed by atoms with Crippen LogP contribution in [0.15, 0.2) is 29.8 Å². The zero-order chi connectivity index (χ0) is 28.2. The first-order chi connectivity index (χ1) is 16.3. The van der Waals surface area contributed by atoms with Crippen molar-refractivity contribution in [2.75, 3.05) is 14.1 Å². The number of amides is 2. The molecule has 0 spiro atoms. The maximum Gasteiger partial charge on any atom is 0.331 e. The Morgan fingerprint density at radius 2 is 1.50 bits per heavy atom. The van der Waals surface area contributed by atoms with Crippen molar-refractivity contribution in [3.8, 4) is 0 Å². The number of carbonyl (C=O) groups excluding carboxylic acids is 2. The molecule has 0 aromatic heterocycles. The van der Waals surface area contributed by atoms with Gasteiger partial charge in [-0.05, 0) is 43.0 Å². The van der Waals surface area contributed by atoms with E-state index in [1.165, 1.54) is 30.0 Å². The second-order valence-corrected chi connectivity index (χ2v) is 11.2. The third-order valence-corrected chi connectivity index (χ3v) is 6.51. The molecular weight excluding hydrogens is 468 g/mol. The molecule has 7 nitrogen and oxygen atoms in total. The lowest BCUT2D eigenvalue weighted by Crippen LogP contribution is -2.61. The van der Waals surface area contributed by atoms with Crippen molar-refractivity contribution in [1.82, 2.24) is 15.5 Å². The van der Waals surface area contributed by atoms with Crippen molar-refractivity contribution in [3.05, 3.63) is 47.0 Å². The van der Waals surface area contributed by atoms with Crippen LogP contribution in [-0.2, 0) is 19.8 Å². The lowest BCUT2D eigenvalue weighted by atomic mass is 9.76. The fourth-order valence-electron chi connectivity index (χ4n) is 4.22. The molecule has 3 atom stereocenters. The standard InChI is InChI=1S/C27H41F2N3O4/c1-15(2)20(11-16(3)25(35)36)32(10)24(34)22(26(4,5)6)31-23(33)21(30-9)27(7,8)17-12-18(28)14-19(29)13-17/h11-15,20-22,30H,1-10H3,(H,31,33)(H,35,36)/t20-,21-,22-/m1/s1. The maximum atomic E-state index is 13.9. The van der Waals surface area contributed by atoms with Gasteiger partial charge in [-0.1, -0.05) is 54.5 Å². The van der Waals surface area contributed by atoms with E-state index in [0.29, 0.717) is 5.56 Å². The summed E-state index contributed by atoms with van der Waals surface area (Å²) in [6, 6.07) is 0.754. The van der Waals surface area contributed by atoms with Gasteiger partial charge in [0.05, 0.1) is 12.1 Å². The average Bonchev–Trinajstić information content (AvgIpc) is 2.73. The minimum absolute atomic E-state index is 0.0866. The molecule has 1 aromatic rings. The van der Waals surface area contributed by atoms with Crippen molar-refractivity contribution in [3.63, 3.8) is 0 Å². The topological polar surface area (TPSA) is 98.7 Å². The molecule has 0 aliphatic rings. The molecule has 0 heterocycles. The van der Waals surface area contributed by atoms with E-state index in [4.69, 9.17) is 0 Å². The van der Waals surface area contributed by atoms with E-state index in [9.17, 15) is 28.3 Å². The first-order valence-corrected chi connectivity index (χ1v) is 12.0. The molecule has 0 saturated carbocycles. The Hall–Kier alpha value is -2.81. The first kappa shape index (κ1) is 31.2. The van der Waals surface area contributed by atoms with E-state index < -0.39 is 52.5 Å². The molecule has 0 saturated heterocycles. The van der Waals surface area contributed by atoms with Crippen molar-refractivity contribution in [2.24, 2.45) is 11.3 Å². The zero-order valence-corrected chi connectivity index (χ0v) is 23.0. The number of likely N-dealkylation sites (N-methyl/N-ethyl adjacent to an activating group) is 2. The number of benzene rings is 1. The molecule has 9 heteroatoms. The van der Waals surface area contributed by atoms with Crippen LogP contribution in [0, 0.1) is 23.0 Å². The highest BCUT2D eigenvalue weighted by Gasteiger charge is 2.42. The lowest BCUT2D eigenvalue weighted by Gasteiger charge is -2.40. The van der Waals surface area contributed by atoms with E-state index >= 15 is 0 Å². The average molecular weight is 510 g/mol. The number of nitrogens with one attached hydrogen (secondary N) is 2. The Labute approximate surface area is 213 Å². The second kappa shape index (κ2) is 12.0. The largest absolute Gasteiger partial charge is 0.478 e. The molecule has 0 bridgehead atoms. The Bertz CT molecular complexity index is 979. The second-order valence-electron chi connectivity index (χ2n) is 11.2. The molecule has 2 amide bonds. The Morgan fingerprint density at radius 1 is 1.00 bits per heavy atom. The summed E-state index contributed by atoms with van der Waals surface area (Å²) in [5.41, 5.74) is -1.31. The highest BCUT2D eigenvalue weighted by atomic mass is 19.1. The Kier molecular flexibility index (Phi) is 10.4. The Morgan fingerprint density at radius 3 is 1.89 bits per heavy atom. The van der Waals surface area contributed by atoms with Crippen LogP contribution in [0.3, 0.4) is 0 Å². The smallest absolute Gasteiger partial charge is 0.331 e. The monoisotopic (exact) mass is 509 g/mol. The van der Waals surface area contributed by atoms with Gasteiger partial charge in [0.2, 0.25) is 11.8 Å². The molecule has 0 aliphatic carbocycles. The van der Waals surface area contributed by atoms with Crippen LogP contribution in [0.2, 0.25) is 0 Å². The number of carboxylic acids is 1. The summed E-state index contributed by atoms with van der Waals surface area (Å²) in [7, 11) is 3.15. The van der Waals surface area contributed by atoms with Crippen molar-refractivity contribution in [1.29, 1.82) is 0 Å². The molecule has 3 N–H and O–H groups in total. The fraction of sp³-hybridized carbons (Fsp3) is 0.593. The predicted octanol–water partition coefficient (Wildman–Crippen LogP) is 3.88. The molecule has 1 aromatic carbocycles. The molecule has 0 unspecified atom stereocenters. The van der Waals surface area contributed by atoms with Crippen LogP contribution < -0.4 is 10.6 Å². The number of carboxylic acid groups (broad SMARTS) is 1. The summed E-state index contributed by atoms with van der Waals surface area (Å²) < 4.78 is 27.8. The lowest BCUT2D eigenvalue weighted by molar-refractivity contribution is -0.141. The molecule has 1 rings (SSSR count).